The van der Waals surface area contributed by atoms with E-state index in [1.165, 1.54) is 6.92 Å². The molecule has 0 bridgehead atoms. The lowest BCUT2D eigenvalue weighted by Gasteiger charge is -2.03. The summed E-state index contributed by atoms with van der Waals surface area (Å²) in [5, 5.41) is 0.170. The van der Waals surface area contributed by atoms with Gasteiger partial charge in [-0.1, -0.05) is 29.8 Å². The summed E-state index contributed by atoms with van der Waals surface area (Å²) in [5.74, 6) is -0.0720. The summed E-state index contributed by atoms with van der Waals surface area (Å²) in [5.41, 5.74) is 7.02. The van der Waals surface area contributed by atoms with Crippen LogP contribution >= 0.6 is 23.2 Å². The molecular weight excluding hydrogens is 247 g/mol. The topological polar surface area (TPSA) is 55.5 Å². The number of hydrogen-bond acceptors (Lipinski definition) is 3. The maximum absolute atomic E-state index is 11.2. The first-order valence-corrected chi connectivity index (χ1v) is 5.17. The molecule has 0 amide bonds. The average Bonchev–Trinajstić information content (AvgIpc) is 2.20. The first-order chi connectivity index (χ1) is 7.41. The van der Waals surface area contributed by atoms with Crippen LogP contribution < -0.4 is 5.73 Å². The number of Topliss-reactive ketones (excluding diaryl/α,β-unsaturated/α-hetero) is 1. The van der Waals surface area contributed by atoms with Gasteiger partial charge in [0.1, 0.15) is 5.17 Å². The Morgan fingerprint density at radius 3 is 2.56 bits per heavy atom. The molecule has 16 heavy (non-hydrogen) atoms. The zero-order valence-corrected chi connectivity index (χ0v) is 10.1. The molecule has 84 valence electrons. The molecule has 0 fully saturated rings. The van der Waals surface area contributed by atoms with E-state index in [0.717, 1.165) is 0 Å². The molecule has 0 aliphatic rings. The number of nitrogens with zero attached hydrogens (tertiary/aromatic N) is 1. The van der Waals surface area contributed by atoms with Gasteiger partial charge in [0.05, 0.1) is 16.4 Å². The summed E-state index contributed by atoms with van der Waals surface area (Å²) in [6.45, 7) is 4.89. The molecule has 0 aliphatic carbocycles. The van der Waals surface area contributed by atoms with Gasteiger partial charge in [-0.3, -0.25) is 4.79 Å². The van der Waals surface area contributed by atoms with Gasteiger partial charge in [0.2, 0.25) is 0 Å². The Hall–Kier alpha value is -1.32. The van der Waals surface area contributed by atoms with Crippen molar-refractivity contribution in [1.29, 1.82) is 0 Å². The molecule has 0 saturated heterocycles. The molecule has 0 radical (unpaired) electrons. The van der Waals surface area contributed by atoms with Crippen LogP contribution in [-0.2, 0) is 0 Å². The van der Waals surface area contributed by atoms with E-state index >= 15 is 0 Å². The van der Waals surface area contributed by atoms with Gasteiger partial charge < -0.3 is 5.73 Å². The molecule has 0 aromatic heterocycles. The number of benzene rings is 1. The number of allylic oxidation sites excluding steroid dienone is 1. The number of carbonyl (C=O) groups is 1. The molecule has 3 nitrogen and oxygen atoms in total. The van der Waals surface area contributed by atoms with Crippen molar-refractivity contribution in [1.82, 2.24) is 0 Å². The Balaban J connectivity index is 3.23. The predicted molar refractivity (Wildman–Crippen MR) is 68.8 cm³/mol. The second-order valence-electron chi connectivity index (χ2n) is 3.14. The summed E-state index contributed by atoms with van der Waals surface area (Å²) < 4.78 is 0. The second-order valence-corrected chi connectivity index (χ2v) is 3.95. The number of nitrogens with two attached hydrogens (primary N) is 1. The van der Waals surface area contributed by atoms with E-state index in [1.807, 2.05) is 0 Å². The van der Waals surface area contributed by atoms with Gasteiger partial charge in [0.15, 0.2) is 5.78 Å². The van der Waals surface area contributed by atoms with Crippen molar-refractivity contribution >= 4 is 45.5 Å². The molecule has 2 N–H and O–H groups in total. The van der Waals surface area contributed by atoms with Gasteiger partial charge in [0, 0.05) is 5.56 Å². The third-order valence-corrected chi connectivity index (χ3v) is 2.47. The van der Waals surface area contributed by atoms with E-state index in [0.29, 0.717) is 16.9 Å². The fourth-order valence-electron chi connectivity index (χ4n) is 1.03. The van der Waals surface area contributed by atoms with E-state index in [9.17, 15) is 4.79 Å². The van der Waals surface area contributed by atoms with E-state index in [4.69, 9.17) is 28.9 Å². The number of hydrogen-bond donors (Lipinski definition) is 1. The number of nitrogen functional groups attached to an aromatic ring is 1. The highest BCUT2D eigenvalue weighted by Gasteiger charge is 2.05. The van der Waals surface area contributed by atoms with E-state index in [2.05, 4.69) is 11.6 Å². The Bertz CT molecular complexity index is 481. The third-order valence-electron chi connectivity index (χ3n) is 1.88. The quantitative estimate of drug-likeness (QED) is 0.512. The first-order valence-electron chi connectivity index (χ1n) is 4.41. The van der Waals surface area contributed by atoms with Gasteiger partial charge in [-0.25, -0.2) is 4.99 Å². The predicted octanol–water partition coefficient (Wildman–Crippen LogP) is 3.49. The minimum absolute atomic E-state index is 0.0501. The van der Waals surface area contributed by atoms with E-state index in [1.54, 1.807) is 18.2 Å². The van der Waals surface area contributed by atoms with Crippen LogP contribution in [0.1, 0.15) is 17.3 Å². The second kappa shape index (κ2) is 5.14. The fraction of sp³-hybridized carbons (Fsp3) is 0.0909. The van der Waals surface area contributed by atoms with Crippen LogP contribution in [0, 0.1) is 0 Å². The normalized spacial score (nSPS) is 11.3. The van der Waals surface area contributed by atoms with Crippen LogP contribution in [0.3, 0.4) is 0 Å². The Morgan fingerprint density at radius 1 is 1.44 bits per heavy atom. The van der Waals surface area contributed by atoms with Crippen LogP contribution in [0.15, 0.2) is 34.8 Å². The van der Waals surface area contributed by atoms with Crippen LogP contribution in [-0.4, -0.2) is 11.0 Å². The van der Waals surface area contributed by atoms with E-state index < -0.39 is 0 Å². The lowest BCUT2D eigenvalue weighted by Crippen LogP contribution is -1.94. The zero-order chi connectivity index (χ0) is 12.3. The lowest BCUT2D eigenvalue weighted by molar-refractivity contribution is 0.101. The molecule has 0 saturated carbocycles. The highest BCUT2D eigenvalue weighted by molar-refractivity contribution is 6.76. The van der Waals surface area contributed by atoms with Crippen molar-refractivity contribution in [2.75, 3.05) is 5.73 Å². The Labute approximate surface area is 104 Å². The fourth-order valence-corrected chi connectivity index (χ4v) is 1.16. The number of halogens is 2. The van der Waals surface area contributed by atoms with Gasteiger partial charge in [0.25, 0.3) is 0 Å². The van der Waals surface area contributed by atoms with Gasteiger partial charge in [-0.05, 0) is 25.1 Å². The smallest absolute Gasteiger partial charge is 0.159 e. The maximum Gasteiger partial charge on any atom is 0.159 e. The minimum Gasteiger partial charge on any atom is -0.397 e. The summed E-state index contributed by atoms with van der Waals surface area (Å²) in [7, 11) is 0. The Morgan fingerprint density at radius 2 is 2.06 bits per heavy atom. The highest BCUT2D eigenvalue weighted by Crippen LogP contribution is 2.25. The largest absolute Gasteiger partial charge is 0.397 e. The molecule has 0 unspecified atom stereocenters. The van der Waals surface area contributed by atoms with Crippen LogP contribution in [0.5, 0.6) is 0 Å². The highest BCUT2D eigenvalue weighted by atomic mass is 35.5. The summed E-state index contributed by atoms with van der Waals surface area (Å²) in [4.78, 5) is 15.1. The zero-order valence-electron chi connectivity index (χ0n) is 8.63. The van der Waals surface area contributed by atoms with Crippen molar-refractivity contribution in [3.63, 3.8) is 0 Å². The van der Waals surface area contributed by atoms with Crippen molar-refractivity contribution in [2.24, 2.45) is 4.99 Å². The van der Waals surface area contributed by atoms with E-state index in [-0.39, 0.29) is 16.0 Å². The third kappa shape index (κ3) is 3.08. The van der Waals surface area contributed by atoms with Crippen molar-refractivity contribution in [3.8, 4) is 0 Å². The van der Waals surface area contributed by atoms with Crippen LogP contribution in [0.25, 0.3) is 0 Å². The van der Waals surface area contributed by atoms with Crippen molar-refractivity contribution in [3.05, 3.63) is 35.4 Å². The molecule has 0 heterocycles. The van der Waals surface area contributed by atoms with Gasteiger partial charge in [-0.15, -0.1) is 0 Å². The molecule has 5 heteroatoms. The van der Waals surface area contributed by atoms with Gasteiger partial charge >= 0.3 is 0 Å². The molecule has 0 aliphatic heterocycles. The standard InChI is InChI=1S/C11H10Cl2N2O/c1-6(12)11(13)15-10-5-8(7(2)16)3-4-9(10)14/h3-5H,1,14H2,2H3. The molecule has 1 aromatic carbocycles. The van der Waals surface area contributed by atoms with Crippen molar-refractivity contribution in [2.45, 2.75) is 6.92 Å². The summed E-state index contributed by atoms with van der Waals surface area (Å²) in [6, 6.07) is 4.77. The number of anilines is 1. The van der Waals surface area contributed by atoms with Crippen molar-refractivity contribution < 1.29 is 4.79 Å². The SMILES string of the molecule is C=C(Cl)C(Cl)=Nc1cc(C(C)=O)ccc1N. The average molecular weight is 257 g/mol. The molecule has 0 atom stereocenters. The van der Waals surface area contributed by atoms with Crippen LogP contribution in [0.4, 0.5) is 11.4 Å². The maximum atomic E-state index is 11.2. The minimum atomic E-state index is -0.0720. The first kappa shape index (κ1) is 12.7. The Kier molecular flexibility index (Phi) is 4.10. The number of rotatable bonds is 3. The summed E-state index contributed by atoms with van der Waals surface area (Å²) >= 11 is 11.3. The number of ketones is 1. The molecule has 1 aromatic rings. The monoisotopic (exact) mass is 256 g/mol. The van der Waals surface area contributed by atoms with Crippen LogP contribution in [0.2, 0.25) is 0 Å². The molecule has 1 rings (SSSR count). The summed E-state index contributed by atoms with van der Waals surface area (Å²) in [6.07, 6.45) is 0. The molecular formula is C11H10Cl2N2O. The van der Waals surface area contributed by atoms with Gasteiger partial charge in [-0.2, -0.15) is 0 Å². The lowest BCUT2D eigenvalue weighted by atomic mass is 10.1. The molecule has 0 spiro atoms. The number of aliphatic imine (C=N–C) groups is 1. The number of carbonyl (C=O) groups excluding carboxylic acids is 1.